The first-order chi connectivity index (χ1) is 13.2. The molecule has 138 valence electrons. The highest BCUT2D eigenvalue weighted by molar-refractivity contribution is 5.67. The predicted molar refractivity (Wildman–Crippen MR) is 100 cm³/mol. The molecule has 4 rings (SSSR count). The van der Waals surface area contributed by atoms with Gasteiger partial charge in [0.1, 0.15) is 11.6 Å². The number of ether oxygens (including phenoxy) is 1. The van der Waals surface area contributed by atoms with E-state index < -0.39 is 0 Å². The maximum absolute atomic E-state index is 13.2. The van der Waals surface area contributed by atoms with E-state index in [1.807, 2.05) is 0 Å². The maximum atomic E-state index is 13.2. The van der Waals surface area contributed by atoms with Crippen molar-refractivity contribution in [2.45, 2.75) is 0 Å². The minimum absolute atomic E-state index is 0.200. The van der Waals surface area contributed by atoms with E-state index in [0.717, 1.165) is 11.3 Å². The van der Waals surface area contributed by atoms with Crippen molar-refractivity contribution in [3.63, 3.8) is 0 Å². The van der Waals surface area contributed by atoms with E-state index in [0.29, 0.717) is 43.8 Å². The standard InChI is InChI=1S/C18H18FN7O/c19-13-1-3-14(4-2-13)23-16-9-15(12-10-21-17(20)22-11-12)24-18(25-16)26-5-7-27-8-6-26/h1-4,9-11H,5-8H2,(H2,20,21,22)(H,23,24,25). The molecule has 0 unspecified atom stereocenters. The van der Waals surface area contributed by atoms with Gasteiger partial charge < -0.3 is 20.7 Å². The molecule has 0 radical (unpaired) electrons. The van der Waals surface area contributed by atoms with Gasteiger partial charge in [-0.3, -0.25) is 0 Å². The lowest BCUT2D eigenvalue weighted by atomic mass is 10.2. The lowest BCUT2D eigenvalue weighted by Crippen LogP contribution is -2.37. The van der Waals surface area contributed by atoms with Crippen LogP contribution in [-0.2, 0) is 4.74 Å². The Morgan fingerprint density at radius 1 is 1.04 bits per heavy atom. The van der Waals surface area contributed by atoms with Gasteiger partial charge in [-0.15, -0.1) is 0 Å². The topological polar surface area (TPSA) is 102 Å². The number of benzene rings is 1. The minimum atomic E-state index is -0.294. The van der Waals surface area contributed by atoms with Crippen LogP contribution in [0.25, 0.3) is 11.3 Å². The fraction of sp³-hybridized carbons (Fsp3) is 0.222. The van der Waals surface area contributed by atoms with Crippen molar-refractivity contribution in [3.05, 3.63) is 48.5 Å². The van der Waals surface area contributed by atoms with Crippen LogP contribution in [0.5, 0.6) is 0 Å². The fourth-order valence-electron chi connectivity index (χ4n) is 2.70. The predicted octanol–water partition coefficient (Wildman–Crippen LogP) is 2.24. The second-order valence-corrected chi connectivity index (χ2v) is 6.00. The number of hydrogen-bond acceptors (Lipinski definition) is 8. The highest BCUT2D eigenvalue weighted by Gasteiger charge is 2.17. The van der Waals surface area contributed by atoms with Gasteiger partial charge in [0, 0.05) is 42.8 Å². The molecule has 0 saturated carbocycles. The largest absolute Gasteiger partial charge is 0.378 e. The van der Waals surface area contributed by atoms with E-state index >= 15 is 0 Å². The van der Waals surface area contributed by atoms with E-state index in [-0.39, 0.29) is 11.8 Å². The Kier molecular flexibility index (Phi) is 4.75. The van der Waals surface area contributed by atoms with Gasteiger partial charge in [-0.2, -0.15) is 4.98 Å². The van der Waals surface area contributed by atoms with Crippen molar-refractivity contribution in [2.75, 3.05) is 42.3 Å². The van der Waals surface area contributed by atoms with Crippen molar-refractivity contribution in [2.24, 2.45) is 0 Å². The van der Waals surface area contributed by atoms with Crippen molar-refractivity contribution in [1.82, 2.24) is 19.9 Å². The Bertz CT molecular complexity index is 912. The number of nitrogens with two attached hydrogens (primary N) is 1. The molecule has 1 aliphatic rings. The monoisotopic (exact) mass is 367 g/mol. The van der Waals surface area contributed by atoms with Crippen molar-refractivity contribution >= 4 is 23.4 Å². The SMILES string of the molecule is Nc1ncc(-c2cc(Nc3ccc(F)cc3)nc(N3CCOCC3)n2)cn1. The maximum Gasteiger partial charge on any atom is 0.228 e. The summed E-state index contributed by atoms with van der Waals surface area (Å²) in [6.07, 6.45) is 3.24. The van der Waals surface area contributed by atoms with Gasteiger partial charge in [-0.1, -0.05) is 0 Å². The van der Waals surface area contributed by atoms with E-state index in [9.17, 15) is 4.39 Å². The third-order valence-corrected chi connectivity index (χ3v) is 4.09. The first-order valence-corrected chi connectivity index (χ1v) is 8.50. The average molecular weight is 367 g/mol. The molecule has 1 saturated heterocycles. The number of nitrogens with one attached hydrogen (secondary N) is 1. The first kappa shape index (κ1) is 17.1. The van der Waals surface area contributed by atoms with Crippen LogP contribution in [0.15, 0.2) is 42.7 Å². The summed E-state index contributed by atoms with van der Waals surface area (Å²) in [5, 5.41) is 3.19. The Balaban J connectivity index is 1.71. The zero-order valence-corrected chi connectivity index (χ0v) is 14.5. The van der Waals surface area contributed by atoms with E-state index in [1.165, 1.54) is 12.1 Å². The molecular formula is C18H18FN7O. The summed E-state index contributed by atoms with van der Waals surface area (Å²) in [5.74, 6) is 1.07. The Hall–Kier alpha value is -3.33. The molecule has 1 fully saturated rings. The molecule has 0 atom stereocenters. The zero-order valence-electron chi connectivity index (χ0n) is 14.5. The molecule has 3 heterocycles. The van der Waals surface area contributed by atoms with Gasteiger partial charge >= 0.3 is 0 Å². The number of morpholine rings is 1. The highest BCUT2D eigenvalue weighted by atomic mass is 19.1. The summed E-state index contributed by atoms with van der Waals surface area (Å²) in [7, 11) is 0. The average Bonchev–Trinajstić information content (AvgIpc) is 2.71. The van der Waals surface area contributed by atoms with Crippen molar-refractivity contribution in [1.29, 1.82) is 0 Å². The summed E-state index contributed by atoms with van der Waals surface area (Å²) >= 11 is 0. The van der Waals surface area contributed by atoms with Gasteiger partial charge in [-0.25, -0.2) is 19.3 Å². The molecule has 9 heteroatoms. The van der Waals surface area contributed by atoms with E-state index in [4.69, 9.17) is 10.5 Å². The van der Waals surface area contributed by atoms with Crippen LogP contribution in [0.2, 0.25) is 0 Å². The number of rotatable bonds is 4. The zero-order chi connectivity index (χ0) is 18.6. The summed E-state index contributed by atoms with van der Waals surface area (Å²) in [6.45, 7) is 2.66. The van der Waals surface area contributed by atoms with Crippen LogP contribution in [-0.4, -0.2) is 46.2 Å². The second-order valence-electron chi connectivity index (χ2n) is 6.00. The number of aromatic nitrogens is 4. The molecule has 2 aromatic heterocycles. The molecule has 1 aliphatic heterocycles. The number of hydrogen-bond donors (Lipinski definition) is 2. The first-order valence-electron chi connectivity index (χ1n) is 8.50. The van der Waals surface area contributed by atoms with Crippen LogP contribution in [0.1, 0.15) is 0 Å². The summed E-state index contributed by atoms with van der Waals surface area (Å²) in [5.41, 5.74) is 7.69. The molecule has 3 aromatic rings. The summed E-state index contributed by atoms with van der Waals surface area (Å²) < 4.78 is 18.6. The van der Waals surface area contributed by atoms with Gasteiger partial charge in [0.05, 0.1) is 18.9 Å². The molecule has 27 heavy (non-hydrogen) atoms. The second kappa shape index (κ2) is 7.50. The Morgan fingerprint density at radius 2 is 1.74 bits per heavy atom. The van der Waals surface area contributed by atoms with Crippen molar-refractivity contribution in [3.8, 4) is 11.3 Å². The van der Waals surface area contributed by atoms with E-state index in [1.54, 1.807) is 30.6 Å². The van der Waals surface area contributed by atoms with Gasteiger partial charge in [-0.05, 0) is 24.3 Å². The van der Waals surface area contributed by atoms with Crippen LogP contribution in [0, 0.1) is 5.82 Å². The van der Waals surface area contributed by atoms with Crippen LogP contribution in [0.3, 0.4) is 0 Å². The normalized spacial score (nSPS) is 14.2. The molecule has 8 nitrogen and oxygen atoms in total. The van der Waals surface area contributed by atoms with Gasteiger partial charge in [0.15, 0.2) is 0 Å². The lowest BCUT2D eigenvalue weighted by molar-refractivity contribution is 0.122. The molecule has 1 aromatic carbocycles. The van der Waals surface area contributed by atoms with E-state index in [2.05, 4.69) is 30.2 Å². The third kappa shape index (κ3) is 4.09. The fourth-order valence-corrected chi connectivity index (χ4v) is 2.70. The van der Waals surface area contributed by atoms with Gasteiger partial charge in [0.25, 0.3) is 0 Å². The quantitative estimate of drug-likeness (QED) is 0.724. The van der Waals surface area contributed by atoms with Crippen molar-refractivity contribution < 1.29 is 9.13 Å². The number of anilines is 4. The Labute approximate surface area is 155 Å². The number of nitrogen functional groups attached to an aromatic ring is 1. The lowest BCUT2D eigenvalue weighted by Gasteiger charge is -2.27. The highest BCUT2D eigenvalue weighted by Crippen LogP contribution is 2.25. The molecule has 0 amide bonds. The number of halogens is 1. The van der Waals surface area contributed by atoms with Crippen LogP contribution in [0.4, 0.5) is 27.8 Å². The Morgan fingerprint density at radius 3 is 2.44 bits per heavy atom. The summed E-state index contributed by atoms with van der Waals surface area (Å²) in [4.78, 5) is 19.4. The van der Waals surface area contributed by atoms with Crippen LogP contribution >= 0.6 is 0 Å². The number of nitrogens with zero attached hydrogens (tertiary/aromatic N) is 5. The third-order valence-electron chi connectivity index (χ3n) is 4.09. The van der Waals surface area contributed by atoms with Crippen LogP contribution < -0.4 is 16.0 Å². The smallest absolute Gasteiger partial charge is 0.228 e. The summed E-state index contributed by atoms with van der Waals surface area (Å²) in [6, 6.07) is 7.88. The molecule has 3 N–H and O–H groups in total. The molecular weight excluding hydrogens is 349 g/mol. The van der Waals surface area contributed by atoms with Gasteiger partial charge in [0.2, 0.25) is 11.9 Å². The molecule has 0 bridgehead atoms. The molecule has 0 spiro atoms. The molecule has 0 aliphatic carbocycles. The minimum Gasteiger partial charge on any atom is -0.378 e.